The molecule has 1 aromatic rings. The van der Waals surface area contributed by atoms with E-state index in [4.69, 9.17) is 0 Å². The van der Waals surface area contributed by atoms with Crippen molar-refractivity contribution in [1.82, 2.24) is 15.6 Å². The first-order valence-electron chi connectivity index (χ1n) is 6.54. The highest BCUT2D eigenvalue weighted by Gasteiger charge is 2.03. The molecular weight excluding hydrogens is 371 g/mol. The molecule has 110 valence electrons. The Bertz CT molecular complexity index is 370. The summed E-state index contributed by atoms with van der Waals surface area (Å²) in [6.45, 7) is 8.22. The van der Waals surface area contributed by atoms with E-state index in [-0.39, 0.29) is 24.0 Å². The third kappa shape index (κ3) is 7.10. The van der Waals surface area contributed by atoms with Gasteiger partial charge in [-0.15, -0.1) is 35.3 Å². The maximum absolute atomic E-state index is 4.53. The molecule has 0 bridgehead atoms. The zero-order chi connectivity index (χ0) is 13.4. The van der Waals surface area contributed by atoms with Crippen molar-refractivity contribution >= 4 is 41.3 Å². The van der Waals surface area contributed by atoms with Gasteiger partial charge < -0.3 is 10.6 Å². The van der Waals surface area contributed by atoms with Crippen LogP contribution >= 0.6 is 35.3 Å². The van der Waals surface area contributed by atoms with E-state index in [1.54, 1.807) is 18.4 Å². The molecule has 0 radical (unpaired) electrons. The lowest BCUT2D eigenvalue weighted by atomic mass is 10.3. The molecule has 4 nitrogen and oxygen atoms in total. The summed E-state index contributed by atoms with van der Waals surface area (Å²) in [5.41, 5.74) is 1.15. The quantitative estimate of drug-likeness (QED) is 0.337. The number of thiazole rings is 1. The van der Waals surface area contributed by atoms with Crippen LogP contribution in [-0.2, 0) is 6.42 Å². The molecule has 1 rings (SSSR count). The predicted molar refractivity (Wildman–Crippen MR) is 95.0 cm³/mol. The number of aryl methyl sites for hydroxylation is 2. The number of guanidine groups is 1. The number of aliphatic imine (C=N–C) groups is 1. The summed E-state index contributed by atoms with van der Waals surface area (Å²) in [4.78, 5) is 10.0. The summed E-state index contributed by atoms with van der Waals surface area (Å²) in [6, 6.07) is 0. The van der Waals surface area contributed by atoms with E-state index >= 15 is 0 Å². The van der Waals surface area contributed by atoms with Crippen LogP contribution in [0.1, 0.15) is 35.3 Å². The van der Waals surface area contributed by atoms with Gasteiger partial charge >= 0.3 is 0 Å². The lowest BCUT2D eigenvalue weighted by molar-refractivity contribution is 0.726. The number of rotatable bonds is 6. The van der Waals surface area contributed by atoms with Crippen molar-refractivity contribution in [3.63, 3.8) is 0 Å². The van der Waals surface area contributed by atoms with E-state index in [0.717, 1.165) is 31.2 Å². The lowest BCUT2D eigenvalue weighted by Gasteiger charge is -2.10. The third-order valence-electron chi connectivity index (χ3n) is 2.75. The van der Waals surface area contributed by atoms with Crippen LogP contribution in [0.4, 0.5) is 0 Å². The highest BCUT2D eigenvalue weighted by atomic mass is 127. The van der Waals surface area contributed by atoms with Crippen LogP contribution < -0.4 is 10.6 Å². The summed E-state index contributed by atoms with van der Waals surface area (Å²) >= 11 is 1.78. The molecule has 0 unspecified atom stereocenters. The fraction of sp³-hybridized carbons (Fsp3) is 0.692. The molecule has 0 aliphatic heterocycles. The van der Waals surface area contributed by atoms with Gasteiger partial charge in [0.2, 0.25) is 0 Å². The first kappa shape index (κ1) is 18.6. The smallest absolute Gasteiger partial charge is 0.190 e. The molecule has 0 spiro atoms. The second kappa shape index (κ2) is 10.4. The van der Waals surface area contributed by atoms with Crippen molar-refractivity contribution in [2.45, 2.75) is 40.0 Å². The number of aromatic nitrogens is 1. The van der Waals surface area contributed by atoms with Gasteiger partial charge in [0, 0.05) is 31.4 Å². The molecule has 0 saturated carbocycles. The van der Waals surface area contributed by atoms with E-state index in [1.165, 1.54) is 22.7 Å². The van der Waals surface area contributed by atoms with E-state index in [1.807, 2.05) is 0 Å². The van der Waals surface area contributed by atoms with Crippen molar-refractivity contribution in [3.8, 4) is 0 Å². The van der Waals surface area contributed by atoms with Gasteiger partial charge in [-0.25, -0.2) is 4.98 Å². The van der Waals surface area contributed by atoms with E-state index in [2.05, 4.69) is 41.4 Å². The van der Waals surface area contributed by atoms with Crippen LogP contribution in [-0.4, -0.2) is 31.1 Å². The second-order valence-corrected chi connectivity index (χ2v) is 5.57. The van der Waals surface area contributed by atoms with Crippen molar-refractivity contribution in [2.24, 2.45) is 4.99 Å². The average molecular weight is 396 g/mol. The van der Waals surface area contributed by atoms with Gasteiger partial charge in [-0.2, -0.15) is 0 Å². The van der Waals surface area contributed by atoms with Crippen LogP contribution in [0.15, 0.2) is 4.99 Å². The molecule has 0 atom stereocenters. The minimum atomic E-state index is 0. The molecule has 19 heavy (non-hydrogen) atoms. The van der Waals surface area contributed by atoms with E-state index in [9.17, 15) is 0 Å². The molecule has 0 fully saturated rings. The molecule has 6 heteroatoms. The number of hydrogen-bond donors (Lipinski definition) is 2. The first-order valence-corrected chi connectivity index (χ1v) is 7.36. The lowest BCUT2D eigenvalue weighted by Crippen LogP contribution is -2.38. The van der Waals surface area contributed by atoms with Crippen LogP contribution in [0.5, 0.6) is 0 Å². The number of halogens is 1. The van der Waals surface area contributed by atoms with Crippen molar-refractivity contribution in [3.05, 3.63) is 15.6 Å². The molecule has 0 saturated heterocycles. The number of unbranched alkanes of at least 4 members (excludes halogenated alkanes) is 1. The zero-order valence-electron chi connectivity index (χ0n) is 12.2. The summed E-state index contributed by atoms with van der Waals surface area (Å²) in [6.07, 6.45) is 3.32. The van der Waals surface area contributed by atoms with Gasteiger partial charge in [0.1, 0.15) is 0 Å². The second-order valence-electron chi connectivity index (χ2n) is 4.28. The fourth-order valence-corrected chi connectivity index (χ4v) is 2.47. The Labute approximate surface area is 137 Å². The maximum atomic E-state index is 4.53. The normalized spacial score (nSPS) is 11.1. The van der Waals surface area contributed by atoms with Gasteiger partial charge in [-0.3, -0.25) is 4.99 Å². The minimum absolute atomic E-state index is 0. The highest BCUT2D eigenvalue weighted by Crippen LogP contribution is 2.16. The molecule has 0 amide bonds. The molecule has 2 N–H and O–H groups in total. The standard InChI is InChI=1S/C13H24N4S.HI/c1-5-6-8-15-13(14-4)16-9-7-12-17-10(2)11(3)18-12;/h5-9H2,1-4H3,(H2,14,15,16);1H. The summed E-state index contributed by atoms with van der Waals surface area (Å²) in [5, 5.41) is 7.80. The molecule has 0 aliphatic carbocycles. The Morgan fingerprint density at radius 1 is 1.26 bits per heavy atom. The van der Waals surface area contributed by atoms with E-state index in [0.29, 0.717) is 0 Å². The van der Waals surface area contributed by atoms with Gasteiger partial charge in [0.15, 0.2) is 5.96 Å². The number of nitrogens with one attached hydrogen (secondary N) is 2. The molecule has 0 aliphatic rings. The molecule has 0 aromatic carbocycles. The van der Waals surface area contributed by atoms with Gasteiger partial charge in [0.05, 0.1) is 10.7 Å². The summed E-state index contributed by atoms with van der Waals surface area (Å²) in [7, 11) is 1.80. The average Bonchev–Trinajstić information content (AvgIpc) is 2.67. The van der Waals surface area contributed by atoms with E-state index < -0.39 is 0 Å². The van der Waals surface area contributed by atoms with Gasteiger partial charge in [-0.05, 0) is 20.3 Å². The highest BCUT2D eigenvalue weighted by molar-refractivity contribution is 14.0. The predicted octanol–water partition coefficient (Wildman–Crippen LogP) is 2.89. The molecule has 1 aromatic heterocycles. The monoisotopic (exact) mass is 396 g/mol. The topological polar surface area (TPSA) is 49.3 Å². The Kier molecular flexibility index (Phi) is 10.2. The Hall–Kier alpha value is -0.370. The van der Waals surface area contributed by atoms with Crippen molar-refractivity contribution in [2.75, 3.05) is 20.1 Å². The molecular formula is C13H25IN4S. The van der Waals surface area contributed by atoms with Crippen LogP contribution in [0.3, 0.4) is 0 Å². The van der Waals surface area contributed by atoms with Gasteiger partial charge in [-0.1, -0.05) is 13.3 Å². The zero-order valence-corrected chi connectivity index (χ0v) is 15.4. The van der Waals surface area contributed by atoms with Crippen LogP contribution in [0.25, 0.3) is 0 Å². The number of hydrogen-bond acceptors (Lipinski definition) is 3. The first-order chi connectivity index (χ1) is 8.67. The summed E-state index contributed by atoms with van der Waals surface area (Å²) in [5.74, 6) is 0.883. The molecule has 1 heterocycles. The fourth-order valence-electron chi connectivity index (χ4n) is 1.54. The maximum Gasteiger partial charge on any atom is 0.190 e. The number of nitrogens with zero attached hydrogens (tertiary/aromatic N) is 2. The third-order valence-corrected chi connectivity index (χ3v) is 3.88. The van der Waals surface area contributed by atoms with Crippen molar-refractivity contribution < 1.29 is 0 Å². The summed E-state index contributed by atoms with van der Waals surface area (Å²) < 4.78 is 0. The Morgan fingerprint density at radius 2 is 1.95 bits per heavy atom. The van der Waals surface area contributed by atoms with Gasteiger partial charge in [0.25, 0.3) is 0 Å². The SMILES string of the molecule is CCCCNC(=NC)NCCc1nc(C)c(C)s1.I. The van der Waals surface area contributed by atoms with Crippen LogP contribution in [0, 0.1) is 13.8 Å². The Morgan fingerprint density at radius 3 is 2.47 bits per heavy atom. The Balaban J connectivity index is 0.00000324. The van der Waals surface area contributed by atoms with Crippen LogP contribution in [0.2, 0.25) is 0 Å². The largest absolute Gasteiger partial charge is 0.356 e. The van der Waals surface area contributed by atoms with Crippen molar-refractivity contribution in [1.29, 1.82) is 0 Å². The minimum Gasteiger partial charge on any atom is -0.356 e.